The summed E-state index contributed by atoms with van der Waals surface area (Å²) in [5, 5.41) is 10.7. The van der Waals surface area contributed by atoms with E-state index in [0.717, 1.165) is 52.6 Å². The Morgan fingerprint density at radius 3 is 2.41 bits per heavy atom. The molecule has 9 heteroatoms. The fourth-order valence-corrected chi connectivity index (χ4v) is 4.37. The van der Waals surface area contributed by atoms with Gasteiger partial charge in [-0.3, -0.25) is 4.68 Å². The minimum absolute atomic E-state index is 0.727. The first-order chi connectivity index (χ1) is 13.2. The Bertz CT molecular complexity index is 1040. The van der Waals surface area contributed by atoms with Crippen LogP contribution in [0, 0.1) is 0 Å². The molecule has 0 amide bonds. The summed E-state index contributed by atoms with van der Waals surface area (Å²) >= 11 is 7.59. The summed E-state index contributed by atoms with van der Waals surface area (Å²) in [4.78, 5) is 10.3. The van der Waals surface area contributed by atoms with Gasteiger partial charge in [-0.15, -0.1) is 5.10 Å². The SMILES string of the molecule is Cn1cc(N2CCN(c3nn4cc(-c5ccc(Cl)cc5)nc4s3)CC2)cn1. The number of hydrogen-bond donors (Lipinski definition) is 0. The standard InChI is InChI=1S/C18H18ClN7S/c1-23-11-15(10-20-23)24-6-8-25(9-7-24)18-22-26-12-16(21-17(26)27-18)13-2-4-14(19)5-3-13/h2-5,10-12H,6-9H2,1H3. The van der Waals surface area contributed by atoms with Crippen molar-refractivity contribution in [2.24, 2.45) is 7.05 Å². The Labute approximate surface area is 165 Å². The van der Waals surface area contributed by atoms with Crippen molar-refractivity contribution in [1.29, 1.82) is 0 Å². The average molecular weight is 400 g/mol. The van der Waals surface area contributed by atoms with Crippen LogP contribution in [0.1, 0.15) is 0 Å². The molecule has 7 nitrogen and oxygen atoms in total. The molecule has 1 aromatic carbocycles. The number of fused-ring (bicyclic) bond motifs is 1. The van der Waals surface area contributed by atoms with Gasteiger partial charge in [0.25, 0.3) is 0 Å². The zero-order chi connectivity index (χ0) is 18.4. The van der Waals surface area contributed by atoms with Crippen molar-refractivity contribution in [1.82, 2.24) is 24.4 Å². The molecule has 4 aromatic rings. The first kappa shape index (κ1) is 16.6. The van der Waals surface area contributed by atoms with Crippen LogP contribution in [0.2, 0.25) is 5.02 Å². The molecule has 0 saturated carbocycles. The molecule has 1 fully saturated rings. The number of benzene rings is 1. The molecule has 0 atom stereocenters. The summed E-state index contributed by atoms with van der Waals surface area (Å²) in [7, 11) is 1.95. The van der Waals surface area contributed by atoms with E-state index in [9.17, 15) is 0 Å². The van der Waals surface area contributed by atoms with Gasteiger partial charge in [0.05, 0.1) is 23.8 Å². The first-order valence-electron chi connectivity index (χ1n) is 8.76. The van der Waals surface area contributed by atoms with Crippen molar-refractivity contribution >= 4 is 38.7 Å². The quantitative estimate of drug-likeness (QED) is 0.529. The van der Waals surface area contributed by atoms with Crippen LogP contribution >= 0.6 is 22.9 Å². The van der Waals surface area contributed by atoms with E-state index in [-0.39, 0.29) is 0 Å². The van der Waals surface area contributed by atoms with Gasteiger partial charge in [0.1, 0.15) is 0 Å². The Kier molecular flexibility index (Phi) is 4.02. The molecule has 1 aliphatic rings. The van der Waals surface area contributed by atoms with Crippen molar-refractivity contribution < 1.29 is 0 Å². The molecule has 138 valence electrons. The van der Waals surface area contributed by atoms with E-state index in [0.29, 0.717) is 0 Å². The number of aryl methyl sites for hydroxylation is 1. The monoisotopic (exact) mass is 399 g/mol. The number of piperazine rings is 1. The molecule has 27 heavy (non-hydrogen) atoms. The summed E-state index contributed by atoms with van der Waals surface area (Å²) in [6.07, 6.45) is 5.96. The molecular formula is C18H18ClN7S. The zero-order valence-electron chi connectivity index (χ0n) is 14.8. The van der Waals surface area contributed by atoms with Gasteiger partial charge in [-0.2, -0.15) is 5.10 Å². The van der Waals surface area contributed by atoms with Crippen molar-refractivity contribution in [2.45, 2.75) is 0 Å². The van der Waals surface area contributed by atoms with E-state index < -0.39 is 0 Å². The normalized spacial score (nSPS) is 15.0. The van der Waals surface area contributed by atoms with E-state index in [4.69, 9.17) is 21.7 Å². The Balaban J connectivity index is 1.31. The second-order valence-electron chi connectivity index (χ2n) is 6.59. The number of halogens is 1. The van der Waals surface area contributed by atoms with Crippen molar-refractivity contribution in [3.63, 3.8) is 0 Å². The highest BCUT2D eigenvalue weighted by atomic mass is 35.5. The predicted octanol–water partition coefficient (Wildman–Crippen LogP) is 3.17. The fourth-order valence-electron chi connectivity index (χ4n) is 3.30. The van der Waals surface area contributed by atoms with Crippen LogP contribution in [0.4, 0.5) is 10.8 Å². The number of hydrogen-bond acceptors (Lipinski definition) is 6. The fraction of sp³-hybridized carbons (Fsp3) is 0.278. The van der Waals surface area contributed by atoms with Crippen LogP contribution < -0.4 is 9.80 Å². The van der Waals surface area contributed by atoms with E-state index in [1.54, 1.807) is 11.3 Å². The van der Waals surface area contributed by atoms with Gasteiger partial charge in [-0.1, -0.05) is 35.1 Å². The van der Waals surface area contributed by atoms with Gasteiger partial charge >= 0.3 is 0 Å². The molecule has 0 bridgehead atoms. The molecule has 1 saturated heterocycles. The highest BCUT2D eigenvalue weighted by Gasteiger charge is 2.21. The molecule has 1 aliphatic heterocycles. The van der Waals surface area contributed by atoms with Gasteiger partial charge in [0.2, 0.25) is 10.1 Å². The van der Waals surface area contributed by atoms with Gasteiger partial charge in [0.15, 0.2) is 0 Å². The third-order valence-corrected chi connectivity index (χ3v) is 6.01. The predicted molar refractivity (Wildman–Crippen MR) is 109 cm³/mol. The maximum absolute atomic E-state index is 5.96. The van der Waals surface area contributed by atoms with E-state index in [1.807, 2.05) is 52.9 Å². The van der Waals surface area contributed by atoms with Crippen LogP contribution in [-0.4, -0.2) is 50.6 Å². The van der Waals surface area contributed by atoms with Crippen molar-refractivity contribution in [2.75, 3.05) is 36.0 Å². The maximum Gasteiger partial charge on any atom is 0.214 e. The molecular weight excluding hydrogens is 382 g/mol. The second-order valence-corrected chi connectivity index (χ2v) is 7.96. The third-order valence-electron chi connectivity index (χ3n) is 4.78. The largest absolute Gasteiger partial charge is 0.365 e. The second kappa shape index (κ2) is 6.54. The van der Waals surface area contributed by atoms with Crippen LogP contribution in [0.3, 0.4) is 0 Å². The Morgan fingerprint density at radius 2 is 1.74 bits per heavy atom. The highest BCUT2D eigenvalue weighted by Crippen LogP contribution is 2.28. The number of imidazole rings is 1. The highest BCUT2D eigenvalue weighted by molar-refractivity contribution is 7.20. The average Bonchev–Trinajstić information content (AvgIpc) is 3.37. The van der Waals surface area contributed by atoms with Gasteiger partial charge < -0.3 is 9.80 Å². The lowest BCUT2D eigenvalue weighted by Gasteiger charge is -2.34. The van der Waals surface area contributed by atoms with E-state index in [2.05, 4.69) is 21.1 Å². The minimum atomic E-state index is 0.727. The Hall–Kier alpha value is -2.58. The van der Waals surface area contributed by atoms with Gasteiger partial charge in [0, 0.05) is 50.0 Å². The van der Waals surface area contributed by atoms with Crippen LogP contribution in [0.5, 0.6) is 0 Å². The van der Waals surface area contributed by atoms with Crippen LogP contribution in [0.25, 0.3) is 16.2 Å². The number of aromatic nitrogens is 5. The lowest BCUT2D eigenvalue weighted by atomic mass is 10.2. The van der Waals surface area contributed by atoms with Crippen molar-refractivity contribution in [3.05, 3.63) is 47.9 Å². The number of rotatable bonds is 3. The first-order valence-corrected chi connectivity index (χ1v) is 9.96. The zero-order valence-corrected chi connectivity index (χ0v) is 16.4. The molecule has 0 aliphatic carbocycles. The van der Waals surface area contributed by atoms with Crippen molar-refractivity contribution in [3.8, 4) is 11.3 Å². The molecule has 0 spiro atoms. The summed E-state index contributed by atoms with van der Waals surface area (Å²) in [6, 6.07) is 7.72. The topological polar surface area (TPSA) is 54.5 Å². The van der Waals surface area contributed by atoms with Crippen LogP contribution in [0.15, 0.2) is 42.9 Å². The van der Waals surface area contributed by atoms with Gasteiger partial charge in [-0.25, -0.2) is 9.50 Å². The summed E-state index contributed by atoms with van der Waals surface area (Å²) in [5.74, 6) is 0. The minimum Gasteiger partial charge on any atom is -0.365 e. The lowest BCUT2D eigenvalue weighted by Crippen LogP contribution is -2.46. The van der Waals surface area contributed by atoms with E-state index in [1.165, 1.54) is 5.69 Å². The summed E-state index contributed by atoms with van der Waals surface area (Å²) < 4.78 is 3.72. The maximum atomic E-state index is 5.96. The molecule has 5 rings (SSSR count). The molecule has 0 unspecified atom stereocenters. The lowest BCUT2D eigenvalue weighted by molar-refractivity contribution is 0.647. The third kappa shape index (κ3) is 3.15. The smallest absolute Gasteiger partial charge is 0.214 e. The van der Waals surface area contributed by atoms with E-state index >= 15 is 0 Å². The summed E-state index contributed by atoms with van der Waals surface area (Å²) in [6.45, 7) is 3.80. The van der Waals surface area contributed by atoms with Gasteiger partial charge in [-0.05, 0) is 12.1 Å². The Morgan fingerprint density at radius 1 is 1.00 bits per heavy atom. The number of anilines is 2. The molecule has 0 radical (unpaired) electrons. The molecule has 3 aromatic heterocycles. The summed E-state index contributed by atoms with van der Waals surface area (Å²) in [5.41, 5.74) is 3.14. The molecule has 4 heterocycles. The van der Waals surface area contributed by atoms with Crippen LogP contribution in [-0.2, 0) is 7.05 Å². The number of nitrogens with zero attached hydrogens (tertiary/aromatic N) is 7. The molecule has 0 N–H and O–H groups in total.